The van der Waals surface area contributed by atoms with Gasteiger partial charge in [-0.3, -0.25) is 9.59 Å². The first-order valence-electron chi connectivity index (χ1n) is 10.1. The number of rotatable bonds is 4. The average Bonchev–Trinajstić information content (AvgIpc) is 3.46. The predicted molar refractivity (Wildman–Crippen MR) is 116 cm³/mol. The van der Waals surface area contributed by atoms with Gasteiger partial charge in [-0.25, -0.2) is 4.98 Å². The minimum absolute atomic E-state index is 0.0956. The Morgan fingerprint density at radius 2 is 1.53 bits per heavy atom. The van der Waals surface area contributed by atoms with Gasteiger partial charge in [0, 0.05) is 24.2 Å². The van der Waals surface area contributed by atoms with E-state index in [2.05, 4.69) is 15.6 Å². The second-order valence-electron chi connectivity index (χ2n) is 7.57. The molecule has 2 heterocycles. The van der Waals surface area contributed by atoms with E-state index in [1.165, 1.54) is 0 Å². The van der Waals surface area contributed by atoms with Gasteiger partial charge in [-0.1, -0.05) is 60.7 Å². The average molecular weight is 395 g/mol. The number of fused-ring (bicyclic) bond motifs is 1. The lowest BCUT2D eigenvalue weighted by Gasteiger charge is -2.19. The number of hydrogen-bond donors (Lipinski definition) is 0. The first kappa shape index (κ1) is 18.3. The highest BCUT2D eigenvalue weighted by molar-refractivity contribution is 6.15. The van der Waals surface area contributed by atoms with Crippen LogP contribution in [0.15, 0.2) is 85.2 Å². The van der Waals surface area contributed by atoms with Crippen LogP contribution in [-0.2, 0) is 0 Å². The third-order valence-electron chi connectivity index (χ3n) is 5.76. The van der Waals surface area contributed by atoms with Gasteiger partial charge in [0.05, 0.1) is 29.0 Å². The van der Waals surface area contributed by atoms with E-state index in [0.717, 1.165) is 17.5 Å². The summed E-state index contributed by atoms with van der Waals surface area (Å²) in [6, 6.07) is 24.4. The van der Waals surface area contributed by atoms with E-state index in [1.54, 1.807) is 30.3 Å². The molecule has 4 aromatic rings. The van der Waals surface area contributed by atoms with Crippen molar-refractivity contribution in [2.24, 2.45) is 0 Å². The van der Waals surface area contributed by atoms with Crippen LogP contribution in [0, 0.1) is 0 Å². The second-order valence-corrected chi connectivity index (χ2v) is 7.57. The number of benzene rings is 3. The molecule has 0 radical (unpaired) electrons. The van der Waals surface area contributed by atoms with Crippen molar-refractivity contribution < 1.29 is 9.59 Å². The van der Waals surface area contributed by atoms with Crippen LogP contribution in [0.4, 0.5) is 0 Å². The first-order valence-corrected chi connectivity index (χ1v) is 10.1. The molecule has 1 aliphatic rings. The molecule has 1 atom stereocenters. The molecule has 0 aliphatic carbocycles. The number of nitrogens with zero attached hydrogens (tertiary/aromatic N) is 3. The minimum atomic E-state index is -0.129. The van der Waals surface area contributed by atoms with Gasteiger partial charge in [0.2, 0.25) is 0 Å². The quantitative estimate of drug-likeness (QED) is 0.483. The van der Waals surface area contributed by atoms with Crippen molar-refractivity contribution in [3.05, 3.63) is 102 Å². The SMILES string of the molecule is O=C(c1ccccc1)c1ccccc1C(=O)N1CC[C@H](n2cnc3ccccc32)C1. The Kier molecular flexibility index (Phi) is 4.64. The molecule has 0 N–H and O–H groups in total. The van der Waals surface area contributed by atoms with Gasteiger partial charge >= 0.3 is 0 Å². The van der Waals surface area contributed by atoms with Crippen LogP contribution in [0.5, 0.6) is 0 Å². The van der Waals surface area contributed by atoms with E-state index in [9.17, 15) is 9.59 Å². The Bertz CT molecular complexity index is 1230. The van der Waals surface area contributed by atoms with Gasteiger partial charge in [-0.15, -0.1) is 0 Å². The molecule has 1 saturated heterocycles. The standard InChI is InChI=1S/C25H21N3O2/c29-24(18-8-2-1-3-9-18)20-10-4-5-11-21(20)25(30)27-15-14-19(16-27)28-17-26-22-12-6-7-13-23(22)28/h1-13,17,19H,14-16H2/t19-/m0/s1. The maximum atomic E-state index is 13.3. The minimum Gasteiger partial charge on any atom is -0.336 e. The molecule has 1 aliphatic heterocycles. The van der Waals surface area contributed by atoms with Gasteiger partial charge in [0.1, 0.15) is 0 Å². The number of aromatic nitrogens is 2. The summed E-state index contributed by atoms with van der Waals surface area (Å²) in [4.78, 5) is 32.7. The molecule has 148 valence electrons. The van der Waals surface area contributed by atoms with E-state index in [-0.39, 0.29) is 17.7 Å². The van der Waals surface area contributed by atoms with Crippen LogP contribution in [0.2, 0.25) is 0 Å². The van der Waals surface area contributed by atoms with Gasteiger partial charge in [-0.05, 0) is 24.6 Å². The number of likely N-dealkylation sites (tertiary alicyclic amines) is 1. The second kappa shape index (κ2) is 7.59. The summed E-state index contributed by atoms with van der Waals surface area (Å²) in [6.45, 7) is 1.26. The molecule has 5 heteroatoms. The fraction of sp³-hybridized carbons (Fsp3) is 0.160. The summed E-state index contributed by atoms with van der Waals surface area (Å²) in [6.07, 6.45) is 2.72. The van der Waals surface area contributed by atoms with E-state index in [4.69, 9.17) is 0 Å². The highest BCUT2D eigenvalue weighted by Gasteiger charge is 2.30. The number of para-hydroxylation sites is 2. The van der Waals surface area contributed by atoms with Crippen LogP contribution in [0.1, 0.15) is 38.7 Å². The molecule has 0 unspecified atom stereocenters. The topological polar surface area (TPSA) is 55.2 Å². The maximum Gasteiger partial charge on any atom is 0.254 e. The molecule has 5 nitrogen and oxygen atoms in total. The van der Waals surface area contributed by atoms with Crippen molar-refractivity contribution in [1.29, 1.82) is 0 Å². The summed E-state index contributed by atoms with van der Waals surface area (Å²) in [5.74, 6) is -0.224. The molecule has 1 amide bonds. The van der Waals surface area contributed by atoms with Crippen molar-refractivity contribution in [1.82, 2.24) is 14.5 Å². The molecule has 1 aromatic heterocycles. The Balaban J connectivity index is 1.40. The number of hydrogen-bond acceptors (Lipinski definition) is 3. The number of amides is 1. The predicted octanol–water partition coefficient (Wildman–Crippen LogP) is 4.35. The Labute approximate surface area is 174 Å². The zero-order valence-corrected chi connectivity index (χ0v) is 16.4. The van der Waals surface area contributed by atoms with Crippen molar-refractivity contribution in [2.45, 2.75) is 12.5 Å². The lowest BCUT2D eigenvalue weighted by Crippen LogP contribution is -2.30. The first-order chi connectivity index (χ1) is 14.7. The van der Waals surface area contributed by atoms with E-state index >= 15 is 0 Å². The Hall–Kier alpha value is -3.73. The van der Waals surface area contributed by atoms with Crippen LogP contribution in [-0.4, -0.2) is 39.2 Å². The molecule has 5 rings (SSSR count). The maximum absolute atomic E-state index is 13.3. The van der Waals surface area contributed by atoms with Gasteiger partial charge < -0.3 is 9.47 Å². The van der Waals surface area contributed by atoms with E-state index in [0.29, 0.717) is 29.8 Å². The fourth-order valence-corrected chi connectivity index (χ4v) is 4.21. The van der Waals surface area contributed by atoms with Crippen molar-refractivity contribution in [2.75, 3.05) is 13.1 Å². The number of ketones is 1. The Morgan fingerprint density at radius 1 is 0.833 bits per heavy atom. The molecular weight excluding hydrogens is 374 g/mol. The van der Waals surface area contributed by atoms with Gasteiger partial charge in [-0.2, -0.15) is 0 Å². The molecule has 0 bridgehead atoms. The lowest BCUT2D eigenvalue weighted by atomic mass is 9.97. The number of carbonyl (C=O) groups is 2. The monoisotopic (exact) mass is 395 g/mol. The summed E-state index contributed by atoms with van der Waals surface area (Å²) in [7, 11) is 0. The molecular formula is C25H21N3O2. The number of imidazole rings is 1. The summed E-state index contributed by atoms with van der Waals surface area (Å²) >= 11 is 0. The molecule has 3 aromatic carbocycles. The molecule has 0 spiro atoms. The number of carbonyl (C=O) groups excluding carboxylic acids is 2. The summed E-state index contributed by atoms with van der Waals surface area (Å²) < 4.78 is 2.16. The van der Waals surface area contributed by atoms with Crippen LogP contribution in [0.25, 0.3) is 11.0 Å². The summed E-state index contributed by atoms with van der Waals surface area (Å²) in [5.41, 5.74) is 3.53. The Morgan fingerprint density at radius 3 is 2.37 bits per heavy atom. The van der Waals surface area contributed by atoms with Crippen LogP contribution >= 0.6 is 0 Å². The van der Waals surface area contributed by atoms with Gasteiger partial charge in [0.15, 0.2) is 5.78 Å². The van der Waals surface area contributed by atoms with Crippen LogP contribution in [0.3, 0.4) is 0 Å². The molecule has 0 saturated carbocycles. The highest BCUT2D eigenvalue weighted by atomic mass is 16.2. The zero-order chi connectivity index (χ0) is 20.5. The van der Waals surface area contributed by atoms with Crippen molar-refractivity contribution in [3.63, 3.8) is 0 Å². The fourth-order valence-electron chi connectivity index (χ4n) is 4.21. The normalized spacial score (nSPS) is 16.1. The summed E-state index contributed by atoms with van der Waals surface area (Å²) in [5, 5.41) is 0. The zero-order valence-electron chi connectivity index (χ0n) is 16.4. The third kappa shape index (κ3) is 3.18. The molecule has 1 fully saturated rings. The van der Waals surface area contributed by atoms with Crippen molar-refractivity contribution >= 4 is 22.7 Å². The highest BCUT2D eigenvalue weighted by Crippen LogP contribution is 2.27. The third-order valence-corrected chi connectivity index (χ3v) is 5.76. The largest absolute Gasteiger partial charge is 0.336 e. The lowest BCUT2D eigenvalue weighted by molar-refractivity contribution is 0.0783. The van der Waals surface area contributed by atoms with Crippen LogP contribution < -0.4 is 0 Å². The smallest absolute Gasteiger partial charge is 0.254 e. The molecule has 30 heavy (non-hydrogen) atoms. The van der Waals surface area contributed by atoms with E-state index < -0.39 is 0 Å². The van der Waals surface area contributed by atoms with E-state index in [1.807, 2.05) is 53.7 Å². The van der Waals surface area contributed by atoms with Crippen molar-refractivity contribution in [3.8, 4) is 0 Å². The van der Waals surface area contributed by atoms with Gasteiger partial charge in [0.25, 0.3) is 5.91 Å².